The van der Waals surface area contributed by atoms with E-state index in [-0.39, 0.29) is 22.9 Å². The number of halogens is 1. The summed E-state index contributed by atoms with van der Waals surface area (Å²) in [5.74, 6) is -0.847. The molecular weight excluding hydrogens is 371 g/mol. The Morgan fingerprint density at radius 2 is 1.81 bits per heavy atom. The first kappa shape index (κ1) is 19.5. The summed E-state index contributed by atoms with van der Waals surface area (Å²) in [4.78, 5) is 12.4. The smallest absolute Gasteiger partial charge is 0.251 e. The van der Waals surface area contributed by atoms with E-state index in [2.05, 4.69) is 5.32 Å². The van der Waals surface area contributed by atoms with Crippen LogP contribution in [0.3, 0.4) is 0 Å². The molecule has 2 aromatic carbocycles. The van der Waals surface area contributed by atoms with Crippen molar-refractivity contribution in [3.63, 3.8) is 0 Å². The third-order valence-electron chi connectivity index (χ3n) is 4.43. The van der Waals surface area contributed by atoms with Crippen LogP contribution in [0.15, 0.2) is 47.4 Å². The number of ether oxygens (including phenoxy) is 1. The summed E-state index contributed by atoms with van der Waals surface area (Å²) in [7, 11) is -3.54. The quantitative estimate of drug-likeness (QED) is 0.845. The van der Waals surface area contributed by atoms with Gasteiger partial charge in [0, 0.05) is 25.2 Å². The summed E-state index contributed by atoms with van der Waals surface area (Å²) in [5.41, 5.74) is 1.71. The van der Waals surface area contributed by atoms with Crippen molar-refractivity contribution in [1.29, 1.82) is 0 Å². The molecule has 1 amide bonds. The Kier molecular flexibility index (Phi) is 5.88. The third-order valence-corrected chi connectivity index (χ3v) is 6.34. The second kappa shape index (κ2) is 8.16. The number of nitrogens with one attached hydrogen (secondary N) is 1. The van der Waals surface area contributed by atoms with Gasteiger partial charge in [0.2, 0.25) is 10.0 Å². The highest BCUT2D eigenvalue weighted by atomic mass is 32.2. The van der Waals surface area contributed by atoms with E-state index in [9.17, 15) is 17.6 Å². The van der Waals surface area contributed by atoms with E-state index >= 15 is 0 Å². The first-order chi connectivity index (χ1) is 12.9. The van der Waals surface area contributed by atoms with Crippen LogP contribution in [-0.2, 0) is 21.3 Å². The largest absolute Gasteiger partial charge is 0.379 e. The number of carbonyl (C=O) groups excluding carboxylic acids is 1. The molecule has 1 N–H and O–H groups in total. The van der Waals surface area contributed by atoms with Gasteiger partial charge in [-0.1, -0.05) is 18.2 Å². The van der Waals surface area contributed by atoms with E-state index in [1.54, 1.807) is 25.1 Å². The maximum Gasteiger partial charge on any atom is 0.251 e. The Morgan fingerprint density at radius 1 is 1.15 bits per heavy atom. The van der Waals surface area contributed by atoms with Crippen molar-refractivity contribution in [2.45, 2.75) is 18.4 Å². The lowest BCUT2D eigenvalue weighted by atomic mass is 10.1. The fraction of sp³-hybridized carbons (Fsp3) is 0.316. The SMILES string of the molecule is Cc1ccc(F)cc1C(=O)NCc1ccc(S(=O)(=O)N2CCOCC2)cc1. The van der Waals surface area contributed by atoms with Crippen LogP contribution in [0.2, 0.25) is 0 Å². The third kappa shape index (κ3) is 4.52. The van der Waals surface area contributed by atoms with Gasteiger partial charge in [0.15, 0.2) is 0 Å². The molecule has 0 saturated carbocycles. The predicted molar refractivity (Wildman–Crippen MR) is 98.3 cm³/mol. The van der Waals surface area contributed by atoms with Gasteiger partial charge in [0.1, 0.15) is 5.82 Å². The Morgan fingerprint density at radius 3 is 2.48 bits per heavy atom. The average Bonchev–Trinajstić information content (AvgIpc) is 2.69. The molecule has 6 nitrogen and oxygen atoms in total. The summed E-state index contributed by atoms with van der Waals surface area (Å²) in [6, 6.07) is 10.4. The summed E-state index contributed by atoms with van der Waals surface area (Å²) in [5, 5.41) is 2.72. The lowest BCUT2D eigenvalue weighted by molar-refractivity contribution is 0.0730. The minimum atomic E-state index is -3.54. The Labute approximate surface area is 158 Å². The van der Waals surface area contributed by atoms with Crippen molar-refractivity contribution in [1.82, 2.24) is 9.62 Å². The Hall–Kier alpha value is -2.29. The zero-order chi connectivity index (χ0) is 19.4. The van der Waals surface area contributed by atoms with E-state index in [4.69, 9.17) is 4.74 Å². The molecule has 2 aromatic rings. The van der Waals surface area contributed by atoms with Crippen LogP contribution in [0.4, 0.5) is 4.39 Å². The Bertz CT molecular complexity index is 923. The molecule has 0 bridgehead atoms. The van der Waals surface area contributed by atoms with Crippen LogP contribution in [0.5, 0.6) is 0 Å². The van der Waals surface area contributed by atoms with Gasteiger partial charge in [0.25, 0.3) is 5.91 Å². The molecule has 0 aliphatic carbocycles. The second-order valence-electron chi connectivity index (χ2n) is 6.30. The van der Waals surface area contributed by atoms with Crippen molar-refractivity contribution in [2.75, 3.05) is 26.3 Å². The standard InChI is InChI=1S/C19H21FN2O4S/c1-14-2-5-16(20)12-18(14)19(23)21-13-15-3-6-17(7-4-15)27(24,25)22-8-10-26-11-9-22/h2-7,12H,8-11,13H2,1H3,(H,21,23). The molecule has 1 saturated heterocycles. The van der Waals surface area contributed by atoms with Gasteiger partial charge in [0.05, 0.1) is 18.1 Å². The number of carbonyl (C=O) groups is 1. The van der Waals surface area contributed by atoms with Gasteiger partial charge >= 0.3 is 0 Å². The molecule has 144 valence electrons. The second-order valence-corrected chi connectivity index (χ2v) is 8.24. The van der Waals surface area contributed by atoms with Gasteiger partial charge in [-0.15, -0.1) is 0 Å². The molecule has 0 spiro atoms. The van der Waals surface area contributed by atoms with Crippen molar-refractivity contribution in [2.24, 2.45) is 0 Å². The van der Waals surface area contributed by atoms with Crippen LogP contribution in [-0.4, -0.2) is 44.9 Å². The highest BCUT2D eigenvalue weighted by Gasteiger charge is 2.26. The minimum absolute atomic E-state index is 0.209. The maximum atomic E-state index is 13.3. The Balaban J connectivity index is 1.65. The molecule has 1 fully saturated rings. The molecule has 1 aliphatic heterocycles. The number of nitrogens with zero attached hydrogens (tertiary/aromatic N) is 1. The molecule has 1 aliphatic rings. The highest BCUT2D eigenvalue weighted by molar-refractivity contribution is 7.89. The average molecular weight is 392 g/mol. The van der Waals surface area contributed by atoms with E-state index in [1.807, 2.05) is 0 Å². The van der Waals surface area contributed by atoms with Crippen LogP contribution < -0.4 is 5.32 Å². The number of amides is 1. The van der Waals surface area contributed by atoms with Crippen LogP contribution in [0.1, 0.15) is 21.5 Å². The number of rotatable bonds is 5. The number of sulfonamides is 1. The molecule has 0 atom stereocenters. The van der Waals surface area contributed by atoms with Crippen LogP contribution in [0.25, 0.3) is 0 Å². The number of benzene rings is 2. The molecule has 0 radical (unpaired) electrons. The van der Waals surface area contributed by atoms with Gasteiger partial charge < -0.3 is 10.1 Å². The number of aryl methyl sites for hydroxylation is 1. The van der Waals surface area contributed by atoms with Gasteiger partial charge in [-0.3, -0.25) is 4.79 Å². The topological polar surface area (TPSA) is 75.7 Å². The summed E-state index contributed by atoms with van der Waals surface area (Å²) < 4.78 is 45.1. The summed E-state index contributed by atoms with van der Waals surface area (Å²) in [6.07, 6.45) is 0. The van der Waals surface area contributed by atoms with Crippen molar-refractivity contribution in [3.8, 4) is 0 Å². The number of hydrogen-bond acceptors (Lipinski definition) is 4. The molecule has 8 heteroatoms. The van der Waals surface area contributed by atoms with E-state index in [0.29, 0.717) is 31.9 Å². The molecule has 0 aromatic heterocycles. The lowest BCUT2D eigenvalue weighted by Crippen LogP contribution is -2.40. The first-order valence-electron chi connectivity index (χ1n) is 8.59. The fourth-order valence-corrected chi connectivity index (χ4v) is 4.24. The van der Waals surface area contributed by atoms with Crippen molar-refractivity contribution in [3.05, 3.63) is 65.0 Å². The first-order valence-corrected chi connectivity index (χ1v) is 10.0. The normalized spacial score (nSPS) is 15.5. The van der Waals surface area contributed by atoms with E-state index in [1.165, 1.54) is 28.6 Å². The zero-order valence-electron chi connectivity index (χ0n) is 14.9. The highest BCUT2D eigenvalue weighted by Crippen LogP contribution is 2.18. The molecule has 1 heterocycles. The molecular formula is C19H21FN2O4S. The van der Waals surface area contributed by atoms with Crippen molar-refractivity contribution >= 4 is 15.9 Å². The summed E-state index contributed by atoms with van der Waals surface area (Å²) >= 11 is 0. The number of hydrogen-bond donors (Lipinski definition) is 1. The van der Waals surface area contributed by atoms with E-state index in [0.717, 1.165) is 5.56 Å². The zero-order valence-corrected chi connectivity index (χ0v) is 15.8. The molecule has 0 unspecified atom stereocenters. The summed E-state index contributed by atoms with van der Waals surface area (Å²) in [6.45, 7) is 3.41. The monoisotopic (exact) mass is 392 g/mol. The number of morpholine rings is 1. The van der Waals surface area contributed by atoms with Crippen LogP contribution in [0, 0.1) is 12.7 Å². The molecule has 27 heavy (non-hydrogen) atoms. The maximum absolute atomic E-state index is 13.3. The van der Waals surface area contributed by atoms with Gasteiger partial charge in [-0.05, 0) is 42.3 Å². The van der Waals surface area contributed by atoms with Crippen LogP contribution >= 0.6 is 0 Å². The lowest BCUT2D eigenvalue weighted by Gasteiger charge is -2.26. The molecule has 3 rings (SSSR count). The van der Waals surface area contributed by atoms with Crippen molar-refractivity contribution < 1.29 is 22.3 Å². The van der Waals surface area contributed by atoms with Gasteiger partial charge in [-0.2, -0.15) is 4.31 Å². The van der Waals surface area contributed by atoms with Gasteiger partial charge in [-0.25, -0.2) is 12.8 Å². The van der Waals surface area contributed by atoms with E-state index < -0.39 is 15.8 Å². The fourth-order valence-electron chi connectivity index (χ4n) is 2.83. The minimum Gasteiger partial charge on any atom is -0.379 e. The predicted octanol–water partition coefficient (Wildman–Crippen LogP) is 2.09.